The Labute approximate surface area is 68.8 Å². The average molecular weight is 152 g/mol. The molecule has 0 saturated carbocycles. The Morgan fingerprint density at radius 1 is 1.64 bits per heavy atom. The molecule has 0 aromatic heterocycles. The molecule has 1 atom stereocenters. The fourth-order valence-electron chi connectivity index (χ4n) is 1.28. The van der Waals surface area contributed by atoms with Gasteiger partial charge in [-0.2, -0.15) is 0 Å². The van der Waals surface area contributed by atoms with Gasteiger partial charge in [-0.05, 0) is 26.7 Å². The molecule has 1 aliphatic rings. The van der Waals surface area contributed by atoms with Gasteiger partial charge in [-0.1, -0.05) is 23.8 Å². The number of rotatable bonds is 1. The quantitative estimate of drug-likeness (QED) is 0.525. The van der Waals surface area contributed by atoms with E-state index in [4.69, 9.17) is 4.74 Å². The smallest absolute Gasteiger partial charge is 0.0795 e. The van der Waals surface area contributed by atoms with Gasteiger partial charge < -0.3 is 4.74 Å². The van der Waals surface area contributed by atoms with Crippen LogP contribution in [0.3, 0.4) is 0 Å². The van der Waals surface area contributed by atoms with E-state index in [2.05, 4.69) is 26.5 Å². The van der Waals surface area contributed by atoms with Crippen LogP contribution in [-0.4, -0.2) is 12.7 Å². The van der Waals surface area contributed by atoms with Crippen molar-refractivity contribution in [3.05, 3.63) is 23.8 Å². The highest BCUT2D eigenvalue weighted by molar-refractivity contribution is 5.07. The molecule has 1 aliphatic heterocycles. The molecule has 0 radical (unpaired) electrons. The summed E-state index contributed by atoms with van der Waals surface area (Å²) < 4.78 is 5.52. The Balaban J connectivity index is 2.46. The van der Waals surface area contributed by atoms with E-state index in [1.807, 2.05) is 0 Å². The first-order valence-corrected chi connectivity index (χ1v) is 4.12. The van der Waals surface area contributed by atoms with Crippen LogP contribution in [-0.2, 0) is 4.74 Å². The van der Waals surface area contributed by atoms with Gasteiger partial charge in [0.2, 0.25) is 0 Å². The topological polar surface area (TPSA) is 9.23 Å². The molecule has 0 spiro atoms. The van der Waals surface area contributed by atoms with Gasteiger partial charge in [0.1, 0.15) is 0 Å². The van der Waals surface area contributed by atoms with Crippen molar-refractivity contribution in [3.8, 4) is 0 Å². The van der Waals surface area contributed by atoms with E-state index in [9.17, 15) is 0 Å². The second kappa shape index (κ2) is 3.72. The molecule has 1 heterocycles. The van der Waals surface area contributed by atoms with Crippen LogP contribution < -0.4 is 0 Å². The van der Waals surface area contributed by atoms with E-state index in [0.29, 0.717) is 6.10 Å². The lowest BCUT2D eigenvalue weighted by atomic mass is 10.0. The Morgan fingerprint density at radius 2 is 2.36 bits per heavy atom. The molecule has 0 aromatic carbocycles. The molecule has 1 saturated heterocycles. The first-order chi connectivity index (χ1) is 5.18. The van der Waals surface area contributed by atoms with E-state index in [-0.39, 0.29) is 0 Å². The molecule has 0 unspecified atom stereocenters. The first-order valence-electron chi connectivity index (χ1n) is 4.12. The van der Waals surface area contributed by atoms with Crippen molar-refractivity contribution in [3.63, 3.8) is 0 Å². The molecular formula is C10H16O. The molecule has 11 heavy (non-hydrogen) atoms. The molecule has 1 rings (SSSR count). The summed E-state index contributed by atoms with van der Waals surface area (Å²) in [5, 5.41) is 0. The van der Waals surface area contributed by atoms with Crippen LogP contribution in [0.15, 0.2) is 23.8 Å². The maximum atomic E-state index is 5.52. The summed E-state index contributed by atoms with van der Waals surface area (Å²) in [6, 6.07) is 0. The van der Waals surface area contributed by atoms with E-state index in [1.165, 1.54) is 11.1 Å². The standard InChI is InChI=1S/C10H16O/c1-8(2)6-10-7-9(3)4-5-11-10/h6,10H,3-5,7H2,1-2H3/t10-/m1/s1. The molecule has 1 heteroatoms. The second-order valence-corrected chi connectivity index (χ2v) is 3.36. The third-order valence-electron chi connectivity index (χ3n) is 1.80. The van der Waals surface area contributed by atoms with Crippen molar-refractivity contribution in [2.75, 3.05) is 6.61 Å². The predicted molar refractivity (Wildman–Crippen MR) is 47.5 cm³/mol. The SMILES string of the molecule is C=C1CCO[C@H](C=C(C)C)C1. The highest BCUT2D eigenvalue weighted by atomic mass is 16.5. The summed E-state index contributed by atoms with van der Waals surface area (Å²) in [6.07, 6.45) is 4.50. The predicted octanol–water partition coefficient (Wildman–Crippen LogP) is 2.69. The van der Waals surface area contributed by atoms with Crippen LogP contribution in [0.4, 0.5) is 0 Å². The largest absolute Gasteiger partial charge is 0.373 e. The van der Waals surface area contributed by atoms with E-state index >= 15 is 0 Å². The van der Waals surface area contributed by atoms with Crippen LogP contribution in [0.2, 0.25) is 0 Å². The van der Waals surface area contributed by atoms with Crippen molar-refractivity contribution >= 4 is 0 Å². The molecular weight excluding hydrogens is 136 g/mol. The molecule has 1 fully saturated rings. The molecule has 0 amide bonds. The minimum absolute atomic E-state index is 0.293. The zero-order chi connectivity index (χ0) is 8.27. The zero-order valence-electron chi connectivity index (χ0n) is 7.39. The van der Waals surface area contributed by atoms with Gasteiger partial charge in [0.25, 0.3) is 0 Å². The maximum Gasteiger partial charge on any atom is 0.0795 e. The maximum absolute atomic E-state index is 5.52. The van der Waals surface area contributed by atoms with Crippen LogP contribution in [0.1, 0.15) is 26.7 Å². The molecule has 62 valence electrons. The van der Waals surface area contributed by atoms with E-state index in [1.54, 1.807) is 0 Å². The summed E-state index contributed by atoms with van der Waals surface area (Å²) in [5.41, 5.74) is 2.64. The third-order valence-corrected chi connectivity index (χ3v) is 1.80. The molecule has 0 bridgehead atoms. The summed E-state index contributed by atoms with van der Waals surface area (Å²) >= 11 is 0. The van der Waals surface area contributed by atoms with Gasteiger partial charge in [-0.15, -0.1) is 0 Å². The normalized spacial score (nSPS) is 24.9. The average Bonchev–Trinajstić information content (AvgIpc) is 1.85. The van der Waals surface area contributed by atoms with E-state index in [0.717, 1.165) is 19.4 Å². The van der Waals surface area contributed by atoms with Crippen molar-refractivity contribution in [2.24, 2.45) is 0 Å². The number of hydrogen-bond acceptors (Lipinski definition) is 1. The first kappa shape index (κ1) is 8.54. The summed E-state index contributed by atoms with van der Waals surface area (Å²) in [6.45, 7) is 9.00. The van der Waals surface area contributed by atoms with Crippen LogP contribution in [0.5, 0.6) is 0 Å². The van der Waals surface area contributed by atoms with Gasteiger partial charge in [-0.25, -0.2) is 0 Å². The van der Waals surface area contributed by atoms with Crippen LogP contribution in [0.25, 0.3) is 0 Å². The lowest BCUT2D eigenvalue weighted by Gasteiger charge is -2.21. The Hall–Kier alpha value is -0.560. The highest BCUT2D eigenvalue weighted by Crippen LogP contribution is 2.18. The van der Waals surface area contributed by atoms with Gasteiger partial charge in [0.15, 0.2) is 0 Å². The molecule has 0 aromatic rings. The van der Waals surface area contributed by atoms with Gasteiger partial charge in [-0.3, -0.25) is 0 Å². The van der Waals surface area contributed by atoms with E-state index < -0.39 is 0 Å². The molecule has 1 nitrogen and oxygen atoms in total. The molecule has 0 N–H and O–H groups in total. The minimum atomic E-state index is 0.293. The Bertz CT molecular complexity index is 175. The van der Waals surface area contributed by atoms with Gasteiger partial charge in [0, 0.05) is 0 Å². The monoisotopic (exact) mass is 152 g/mol. The number of ether oxygens (including phenoxy) is 1. The lowest BCUT2D eigenvalue weighted by Crippen LogP contribution is -2.18. The summed E-state index contributed by atoms with van der Waals surface area (Å²) in [4.78, 5) is 0. The van der Waals surface area contributed by atoms with Crippen molar-refractivity contribution in [2.45, 2.75) is 32.8 Å². The Kier molecular flexibility index (Phi) is 2.89. The van der Waals surface area contributed by atoms with Gasteiger partial charge >= 0.3 is 0 Å². The molecule has 0 aliphatic carbocycles. The number of allylic oxidation sites excluding steroid dienone is 1. The van der Waals surface area contributed by atoms with Crippen LogP contribution >= 0.6 is 0 Å². The zero-order valence-corrected chi connectivity index (χ0v) is 7.39. The third kappa shape index (κ3) is 2.89. The van der Waals surface area contributed by atoms with Crippen molar-refractivity contribution < 1.29 is 4.74 Å². The van der Waals surface area contributed by atoms with Crippen molar-refractivity contribution in [1.82, 2.24) is 0 Å². The van der Waals surface area contributed by atoms with Crippen LogP contribution in [0, 0.1) is 0 Å². The van der Waals surface area contributed by atoms with Gasteiger partial charge in [0.05, 0.1) is 12.7 Å². The lowest BCUT2D eigenvalue weighted by molar-refractivity contribution is 0.0672. The number of hydrogen-bond donors (Lipinski definition) is 0. The highest BCUT2D eigenvalue weighted by Gasteiger charge is 2.12. The fourth-order valence-corrected chi connectivity index (χ4v) is 1.28. The Morgan fingerprint density at radius 3 is 2.91 bits per heavy atom. The fraction of sp³-hybridized carbons (Fsp3) is 0.600. The van der Waals surface area contributed by atoms with Crippen molar-refractivity contribution in [1.29, 1.82) is 0 Å². The minimum Gasteiger partial charge on any atom is -0.373 e. The second-order valence-electron chi connectivity index (χ2n) is 3.36. The summed E-state index contributed by atoms with van der Waals surface area (Å²) in [5.74, 6) is 0. The summed E-state index contributed by atoms with van der Waals surface area (Å²) in [7, 11) is 0.